The van der Waals surface area contributed by atoms with Gasteiger partial charge in [-0.05, 0) is 24.7 Å². The summed E-state index contributed by atoms with van der Waals surface area (Å²) in [6.45, 7) is 12.5. The third-order valence-corrected chi connectivity index (χ3v) is 4.91. The number of hydrogen-bond donors (Lipinski definition) is 1. The number of carbonyl (C=O) groups is 1. The van der Waals surface area contributed by atoms with E-state index in [0.29, 0.717) is 5.88 Å². The third kappa shape index (κ3) is 1.89. The van der Waals surface area contributed by atoms with Crippen LogP contribution >= 0.6 is 11.6 Å². The summed E-state index contributed by atoms with van der Waals surface area (Å²) >= 11 is 5.77. The summed E-state index contributed by atoms with van der Waals surface area (Å²) in [6.07, 6.45) is 0. The highest BCUT2D eigenvalue weighted by atomic mass is 35.5. The van der Waals surface area contributed by atoms with Crippen molar-refractivity contribution in [3.05, 3.63) is 0 Å². The van der Waals surface area contributed by atoms with Crippen molar-refractivity contribution in [3.8, 4) is 0 Å². The zero-order valence-corrected chi connectivity index (χ0v) is 11.3. The molecule has 1 N–H and O–H groups in total. The number of carbonyl (C=O) groups excluding carboxylic acids is 1. The van der Waals surface area contributed by atoms with Gasteiger partial charge in [-0.15, -0.1) is 11.6 Å². The van der Waals surface area contributed by atoms with E-state index in [0.717, 1.165) is 0 Å². The zero-order chi connectivity index (χ0) is 12.1. The molecule has 0 atom stereocenters. The molecule has 1 aliphatic rings. The molecule has 2 nitrogen and oxygen atoms in total. The van der Waals surface area contributed by atoms with E-state index in [-0.39, 0.29) is 22.8 Å². The average molecular weight is 232 g/mol. The summed E-state index contributed by atoms with van der Waals surface area (Å²) < 4.78 is 0. The Labute approximate surface area is 97.8 Å². The predicted molar refractivity (Wildman–Crippen MR) is 64.0 cm³/mol. The first-order chi connectivity index (χ1) is 6.57. The van der Waals surface area contributed by atoms with E-state index in [1.165, 1.54) is 0 Å². The number of hydrogen-bond acceptors (Lipinski definition) is 1. The fraction of sp³-hybridized carbons (Fsp3) is 0.917. The molecular formula is C12H22ClNO. The molecule has 1 saturated carbocycles. The summed E-state index contributed by atoms with van der Waals surface area (Å²) in [6, 6.07) is 0.264. The molecule has 0 aromatic rings. The molecule has 1 fully saturated rings. The van der Waals surface area contributed by atoms with Crippen molar-refractivity contribution in [2.24, 2.45) is 16.2 Å². The normalized spacial score (nSPS) is 23.7. The van der Waals surface area contributed by atoms with Gasteiger partial charge in [-0.1, -0.05) is 27.7 Å². The monoisotopic (exact) mass is 231 g/mol. The van der Waals surface area contributed by atoms with Gasteiger partial charge in [-0.3, -0.25) is 4.79 Å². The minimum atomic E-state index is -0.476. The molecule has 0 aromatic heterocycles. The molecule has 0 spiro atoms. The summed E-state index contributed by atoms with van der Waals surface area (Å²) in [5, 5.41) is 3.10. The second kappa shape index (κ2) is 3.38. The zero-order valence-electron chi connectivity index (χ0n) is 10.6. The molecule has 1 amide bonds. The number of alkyl halides is 1. The van der Waals surface area contributed by atoms with Crippen LogP contribution in [0.2, 0.25) is 0 Å². The van der Waals surface area contributed by atoms with E-state index in [2.05, 4.69) is 33.0 Å². The lowest BCUT2D eigenvalue weighted by molar-refractivity contribution is -0.128. The van der Waals surface area contributed by atoms with Crippen LogP contribution in [0, 0.1) is 16.2 Å². The third-order valence-electron chi connectivity index (χ3n) is 4.24. The summed E-state index contributed by atoms with van der Waals surface area (Å²) in [5.74, 6) is 0.410. The van der Waals surface area contributed by atoms with E-state index in [1.54, 1.807) is 0 Å². The first kappa shape index (κ1) is 12.8. The Kier molecular flexibility index (Phi) is 2.89. The maximum absolute atomic E-state index is 11.9. The summed E-state index contributed by atoms with van der Waals surface area (Å²) in [7, 11) is 0. The van der Waals surface area contributed by atoms with Gasteiger partial charge in [-0.2, -0.15) is 0 Å². The van der Waals surface area contributed by atoms with Crippen LogP contribution < -0.4 is 5.32 Å². The second-order valence-electron chi connectivity index (χ2n) is 6.37. The van der Waals surface area contributed by atoms with Crippen LogP contribution in [0.25, 0.3) is 0 Å². The van der Waals surface area contributed by atoms with Gasteiger partial charge < -0.3 is 5.32 Å². The Morgan fingerprint density at radius 1 is 1.27 bits per heavy atom. The highest BCUT2D eigenvalue weighted by molar-refractivity contribution is 6.19. The highest BCUT2D eigenvalue weighted by Gasteiger charge is 2.65. The smallest absolute Gasteiger partial charge is 0.227 e. The van der Waals surface area contributed by atoms with Crippen molar-refractivity contribution in [3.63, 3.8) is 0 Å². The van der Waals surface area contributed by atoms with Gasteiger partial charge in [0.1, 0.15) is 0 Å². The van der Waals surface area contributed by atoms with Gasteiger partial charge in [0.2, 0.25) is 5.91 Å². The van der Waals surface area contributed by atoms with Crippen molar-refractivity contribution in [1.29, 1.82) is 0 Å². The molecule has 0 aliphatic heterocycles. The van der Waals surface area contributed by atoms with Crippen LogP contribution in [-0.2, 0) is 4.79 Å². The molecule has 15 heavy (non-hydrogen) atoms. The van der Waals surface area contributed by atoms with Gasteiger partial charge in [0.15, 0.2) is 0 Å². The molecule has 88 valence electrons. The molecule has 1 aliphatic carbocycles. The quantitative estimate of drug-likeness (QED) is 0.744. The van der Waals surface area contributed by atoms with Crippen molar-refractivity contribution in [1.82, 2.24) is 5.32 Å². The van der Waals surface area contributed by atoms with Gasteiger partial charge in [-0.25, -0.2) is 0 Å². The van der Waals surface area contributed by atoms with Crippen LogP contribution in [0.3, 0.4) is 0 Å². The standard InChI is InChI=1S/C12H22ClNO/c1-10(2,7-13)9(15)14-8-11(3,4)12(8,5)6/h8H,7H2,1-6H3,(H,14,15). The highest BCUT2D eigenvalue weighted by Crippen LogP contribution is 2.62. The minimum Gasteiger partial charge on any atom is -0.352 e. The number of rotatable bonds is 3. The fourth-order valence-corrected chi connectivity index (χ4v) is 2.07. The summed E-state index contributed by atoms with van der Waals surface area (Å²) in [5.41, 5.74) is -0.105. The van der Waals surface area contributed by atoms with E-state index in [4.69, 9.17) is 11.6 Å². The molecule has 1 rings (SSSR count). The van der Waals surface area contributed by atoms with Crippen LogP contribution in [0.4, 0.5) is 0 Å². The average Bonchev–Trinajstić information content (AvgIpc) is 2.48. The van der Waals surface area contributed by atoms with E-state index in [1.807, 2.05) is 13.8 Å². The molecule has 3 heteroatoms. The lowest BCUT2D eigenvalue weighted by atomic mass is 9.95. The van der Waals surface area contributed by atoms with Gasteiger partial charge in [0, 0.05) is 11.9 Å². The number of amides is 1. The molecule has 0 radical (unpaired) electrons. The fourth-order valence-electron chi connectivity index (χ4n) is 1.94. The minimum absolute atomic E-state index is 0.0566. The first-order valence-electron chi connectivity index (χ1n) is 5.44. The molecule has 0 bridgehead atoms. The van der Waals surface area contributed by atoms with Crippen molar-refractivity contribution in [2.75, 3.05) is 5.88 Å². The lowest BCUT2D eigenvalue weighted by Gasteiger charge is -2.21. The predicted octanol–water partition coefficient (Wildman–Crippen LogP) is 2.80. The van der Waals surface area contributed by atoms with Gasteiger partial charge in [0.05, 0.1) is 5.41 Å². The second-order valence-corrected chi connectivity index (χ2v) is 6.63. The van der Waals surface area contributed by atoms with Gasteiger partial charge in [0.25, 0.3) is 0 Å². The maximum Gasteiger partial charge on any atom is 0.227 e. The number of nitrogens with one attached hydrogen (secondary N) is 1. The van der Waals surface area contributed by atoms with Crippen molar-refractivity contribution >= 4 is 17.5 Å². The Bertz CT molecular complexity index is 267. The van der Waals surface area contributed by atoms with Crippen LogP contribution in [-0.4, -0.2) is 17.8 Å². The molecule has 0 saturated heterocycles. The number of halogens is 1. The van der Waals surface area contributed by atoms with E-state index >= 15 is 0 Å². The van der Waals surface area contributed by atoms with Gasteiger partial charge >= 0.3 is 0 Å². The lowest BCUT2D eigenvalue weighted by Crippen LogP contribution is -2.41. The van der Waals surface area contributed by atoms with Crippen molar-refractivity contribution in [2.45, 2.75) is 47.6 Å². The molecule has 0 heterocycles. The Morgan fingerprint density at radius 3 is 1.93 bits per heavy atom. The Balaban J connectivity index is 2.64. The molecular weight excluding hydrogens is 210 g/mol. The summed E-state index contributed by atoms with van der Waals surface area (Å²) in [4.78, 5) is 11.9. The molecule has 0 unspecified atom stereocenters. The van der Waals surface area contributed by atoms with E-state index in [9.17, 15) is 4.79 Å². The van der Waals surface area contributed by atoms with Crippen LogP contribution in [0.1, 0.15) is 41.5 Å². The van der Waals surface area contributed by atoms with Crippen LogP contribution in [0.5, 0.6) is 0 Å². The van der Waals surface area contributed by atoms with E-state index < -0.39 is 5.41 Å². The van der Waals surface area contributed by atoms with Crippen LogP contribution in [0.15, 0.2) is 0 Å². The molecule has 0 aromatic carbocycles. The first-order valence-corrected chi connectivity index (χ1v) is 5.98. The van der Waals surface area contributed by atoms with Crippen molar-refractivity contribution < 1.29 is 4.79 Å². The Hall–Kier alpha value is -0.240. The topological polar surface area (TPSA) is 29.1 Å². The SMILES string of the molecule is CC(C)(CCl)C(=O)NC1C(C)(C)C1(C)C. The maximum atomic E-state index is 11.9. The largest absolute Gasteiger partial charge is 0.352 e. The Morgan fingerprint density at radius 2 is 1.67 bits per heavy atom.